The Kier molecular flexibility index (Phi) is 2.92. The van der Waals surface area contributed by atoms with E-state index < -0.39 is 9.79 Å². The zero-order chi connectivity index (χ0) is 8.36. The third-order valence-electron chi connectivity index (χ3n) is 0.961. The molecule has 0 heterocycles. The summed E-state index contributed by atoms with van der Waals surface area (Å²) in [7, 11) is 0. The highest BCUT2D eigenvalue weighted by Crippen LogP contribution is 2.14. The summed E-state index contributed by atoms with van der Waals surface area (Å²) < 4.78 is 0. The zero-order valence-electron chi connectivity index (χ0n) is 5.10. The van der Waals surface area contributed by atoms with Crippen molar-refractivity contribution in [3.05, 3.63) is 10.1 Å². The molecule has 4 nitrogen and oxygen atoms in total. The number of hydrogen-bond donors (Lipinski definition) is 1. The van der Waals surface area contributed by atoms with Gasteiger partial charge < -0.3 is 0 Å². The first-order chi connectivity index (χ1) is 4.45. The van der Waals surface area contributed by atoms with E-state index in [1.54, 1.807) is 0 Å². The van der Waals surface area contributed by atoms with Crippen LogP contribution in [-0.2, 0) is 4.79 Å². The minimum atomic E-state index is -1.99. The number of thiocarbonyl (C=S) groups is 1. The Balaban J connectivity index is 4.72. The van der Waals surface area contributed by atoms with E-state index in [0.717, 1.165) is 0 Å². The molecule has 0 aliphatic carbocycles. The van der Waals surface area contributed by atoms with Crippen molar-refractivity contribution in [2.24, 2.45) is 0 Å². The molecule has 0 aromatic carbocycles. The highest BCUT2D eigenvalue weighted by molar-refractivity contribution is 7.88. The maximum Gasteiger partial charge on any atom is 0.349 e. The van der Waals surface area contributed by atoms with Crippen molar-refractivity contribution in [1.82, 2.24) is 0 Å². The second kappa shape index (κ2) is 3.07. The first-order valence-corrected chi connectivity index (χ1v) is 3.15. The van der Waals surface area contributed by atoms with Crippen molar-refractivity contribution >= 4 is 36.0 Å². The van der Waals surface area contributed by atoms with Crippen LogP contribution in [0.1, 0.15) is 6.92 Å². The van der Waals surface area contributed by atoms with E-state index in [1.807, 2.05) is 0 Å². The molecule has 0 saturated heterocycles. The van der Waals surface area contributed by atoms with E-state index in [9.17, 15) is 14.9 Å². The Morgan fingerprint density at radius 2 is 2.30 bits per heavy atom. The van der Waals surface area contributed by atoms with Crippen LogP contribution in [0.25, 0.3) is 0 Å². The fraction of sp³-hybridized carbons (Fsp3) is 0.500. The van der Waals surface area contributed by atoms with Crippen LogP contribution < -0.4 is 0 Å². The van der Waals surface area contributed by atoms with Gasteiger partial charge in [0.05, 0.1) is 9.79 Å². The standard InChI is InChI=1S/C4H5NO3S2/c1-3(9)4(10,2-6)5(7)8/h2,10H,1H3. The number of thiol groups is 1. The molecule has 0 spiro atoms. The van der Waals surface area contributed by atoms with Gasteiger partial charge >= 0.3 is 4.87 Å². The van der Waals surface area contributed by atoms with E-state index in [4.69, 9.17) is 0 Å². The fourth-order valence-corrected chi connectivity index (χ4v) is 0.377. The van der Waals surface area contributed by atoms with Crippen LogP contribution in [0.15, 0.2) is 0 Å². The SMILES string of the molecule is CC(=S)C(S)(C=O)[N+](=O)[O-]. The molecular weight excluding hydrogens is 174 g/mol. The predicted molar refractivity (Wildman–Crippen MR) is 43.0 cm³/mol. The van der Waals surface area contributed by atoms with Crippen LogP contribution in [-0.4, -0.2) is 20.9 Å². The molecule has 6 heteroatoms. The lowest BCUT2D eigenvalue weighted by Crippen LogP contribution is -2.40. The van der Waals surface area contributed by atoms with Gasteiger partial charge in [0, 0.05) is 0 Å². The predicted octanol–water partition coefficient (Wildman–Crippen LogP) is 0.478. The van der Waals surface area contributed by atoms with Crippen molar-refractivity contribution in [3.8, 4) is 0 Å². The first kappa shape index (κ1) is 9.51. The maximum absolute atomic E-state index is 10.1. The molecule has 0 N–H and O–H groups in total. The Hall–Kier alpha value is -0.490. The van der Waals surface area contributed by atoms with E-state index >= 15 is 0 Å². The van der Waals surface area contributed by atoms with Crippen LogP contribution in [0.2, 0.25) is 0 Å². The van der Waals surface area contributed by atoms with Gasteiger partial charge in [0.15, 0.2) is 0 Å². The van der Waals surface area contributed by atoms with Gasteiger partial charge in [-0.05, 0) is 6.92 Å². The van der Waals surface area contributed by atoms with Gasteiger partial charge in [0.25, 0.3) is 0 Å². The highest BCUT2D eigenvalue weighted by Gasteiger charge is 2.40. The molecule has 1 atom stereocenters. The van der Waals surface area contributed by atoms with Gasteiger partial charge in [-0.1, -0.05) is 24.8 Å². The number of aldehydes is 1. The number of rotatable bonds is 3. The molecule has 0 saturated carbocycles. The summed E-state index contributed by atoms with van der Waals surface area (Å²) in [5.74, 6) is 0. The number of carbonyl (C=O) groups is 1. The number of nitrogens with zero attached hydrogens (tertiary/aromatic N) is 1. The summed E-state index contributed by atoms with van der Waals surface area (Å²) in [5.41, 5.74) is 0. The van der Waals surface area contributed by atoms with Crippen LogP contribution in [0, 0.1) is 10.1 Å². The summed E-state index contributed by atoms with van der Waals surface area (Å²) in [6.07, 6.45) is 0.110. The molecule has 56 valence electrons. The second-order valence-corrected chi connectivity index (χ2v) is 2.95. The lowest BCUT2D eigenvalue weighted by atomic mass is 10.2. The Bertz CT molecular complexity index is 177. The second-order valence-electron chi connectivity index (χ2n) is 1.66. The fourth-order valence-electron chi connectivity index (χ4n) is 0.255. The van der Waals surface area contributed by atoms with Crippen LogP contribution in [0.3, 0.4) is 0 Å². The summed E-state index contributed by atoms with van der Waals surface area (Å²) in [5, 5.41) is 10.1. The van der Waals surface area contributed by atoms with Crippen molar-refractivity contribution in [2.45, 2.75) is 11.8 Å². The van der Waals surface area contributed by atoms with E-state index in [1.165, 1.54) is 6.92 Å². The molecular formula is C4H5NO3S2. The third-order valence-corrected chi connectivity index (χ3v) is 2.03. The van der Waals surface area contributed by atoms with Crippen molar-refractivity contribution in [2.75, 3.05) is 0 Å². The van der Waals surface area contributed by atoms with Crippen molar-refractivity contribution in [3.63, 3.8) is 0 Å². The summed E-state index contributed by atoms with van der Waals surface area (Å²) >= 11 is 7.96. The Labute approximate surface area is 68.2 Å². The molecule has 0 aromatic heterocycles. The van der Waals surface area contributed by atoms with Crippen molar-refractivity contribution in [1.29, 1.82) is 0 Å². The topological polar surface area (TPSA) is 60.2 Å². The van der Waals surface area contributed by atoms with Crippen LogP contribution in [0.4, 0.5) is 0 Å². The average Bonchev–Trinajstić information content (AvgIpc) is 1.85. The average molecular weight is 179 g/mol. The molecule has 0 aromatic rings. The Morgan fingerprint density at radius 1 is 1.90 bits per heavy atom. The lowest BCUT2D eigenvalue weighted by Gasteiger charge is -2.09. The summed E-state index contributed by atoms with van der Waals surface area (Å²) in [6.45, 7) is 1.31. The monoisotopic (exact) mass is 179 g/mol. The maximum atomic E-state index is 10.1. The molecule has 0 radical (unpaired) electrons. The minimum absolute atomic E-state index is 0.0594. The van der Waals surface area contributed by atoms with Gasteiger partial charge in [-0.3, -0.25) is 14.9 Å². The largest absolute Gasteiger partial charge is 0.349 e. The van der Waals surface area contributed by atoms with Crippen molar-refractivity contribution < 1.29 is 9.72 Å². The molecule has 0 rings (SSSR count). The van der Waals surface area contributed by atoms with Gasteiger partial charge in [-0.25, -0.2) is 0 Å². The zero-order valence-corrected chi connectivity index (χ0v) is 6.82. The molecule has 0 aliphatic rings. The highest BCUT2D eigenvalue weighted by atomic mass is 32.1. The van der Waals surface area contributed by atoms with Gasteiger partial charge in [0.2, 0.25) is 6.29 Å². The van der Waals surface area contributed by atoms with Gasteiger partial charge in [-0.2, -0.15) is 0 Å². The molecule has 0 aliphatic heterocycles. The number of carbonyl (C=O) groups excluding carboxylic acids is 1. The minimum Gasteiger partial charge on any atom is -0.294 e. The van der Waals surface area contributed by atoms with Gasteiger partial charge in [-0.15, -0.1) is 0 Å². The summed E-state index contributed by atoms with van der Waals surface area (Å²) in [4.78, 5) is 17.3. The summed E-state index contributed by atoms with van der Waals surface area (Å²) in [6, 6.07) is 0. The normalized spacial score (nSPS) is 15.4. The molecule has 10 heavy (non-hydrogen) atoms. The van der Waals surface area contributed by atoms with E-state index in [0.29, 0.717) is 0 Å². The molecule has 0 fully saturated rings. The lowest BCUT2D eigenvalue weighted by molar-refractivity contribution is -0.499. The molecule has 1 unspecified atom stereocenters. The Morgan fingerprint density at radius 3 is 2.30 bits per heavy atom. The quantitative estimate of drug-likeness (QED) is 0.171. The smallest absolute Gasteiger partial charge is 0.294 e. The van der Waals surface area contributed by atoms with Gasteiger partial charge in [0.1, 0.15) is 0 Å². The number of hydrogen-bond acceptors (Lipinski definition) is 5. The third kappa shape index (κ3) is 1.51. The van der Waals surface area contributed by atoms with Crippen LogP contribution >= 0.6 is 24.8 Å². The first-order valence-electron chi connectivity index (χ1n) is 2.29. The van der Waals surface area contributed by atoms with Crippen LogP contribution in [0.5, 0.6) is 0 Å². The molecule has 0 bridgehead atoms. The van der Waals surface area contributed by atoms with E-state index in [2.05, 4.69) is 24.8 Å². The number of nitro groups is 1. The molecule has 0 amide bonds. The van der Waals surface area contributed by atoms with E-state index in [-0.39, 0.29) is 11.2 Å².